The van der Waals surface area contributed by atoms with Gasteiger partial charge >= 0.3 is 0 Å². The number of carbonyl (C=O) groups excluding carboxylic acids is 2. The van der Waals surface area contributed by atoms with Gasteiger partial charge in [-0.1, -0.05) is 29.8 Å². The van der Waals surface area contributed by atoms with Crippen molar-refractivity contribution in [3.63, 3.8) is 0 Å². The molecule has 0 N–H and O–H groups in total. The highest BCUT2D eigenvalue weighted by Gasteiger charge is 2.28. The zero-order valence-corrected chi connectivity index (χ0v) is 16.1. The minimum atomic E-state index is -0.163. The highest BCUT2D eigenvalue weighted by Crippen LogP contribution is 2.25. The molecule has 1 aliphatic heterocycles. The van der Waals surface area contributed by atoms with Crippen LogP contribution in [-0.4, -0.2) is 54.9 Å². The van der Waals surface area contributed by atoms with Crippen LogP contribution in [0.3, 0.4) is 0 Å². The molecule has 144 valence electrons. The van der Waals surface area contributed by atoms with Crippen LogP contribution in [0, 0.1) is 0 Å². The first-order valence-electron chi connectivity index (χ1n) is 8.97. The van der Waals surface area contributed by atoms with E-state index in [0.717, 1.165) is 5.39 Å². The number of furan rings is 1. The standard InChI is InChI=1S/C21H19ClN2O4/c1-27-18-7-6-15(22)13-16(18)20(25)23-8-10-24(11-9-23)21(26)19-12-14-4-2-3-5-17(14)28-19/h2-7,12-13H,8-11H2,1H3. The molecule has 0 saturated carbocycles. The van der Waals surface area contributed by atoms with E-state index in [0.29, 0.717) is 53.9 Å². The average molecular weight is 399 g/mol. The molecule has 1 aromatic heterocycles. The Morgan fingerprint density at radius 1 is 0.964 bits per heavy atom. The summed E-state index contributed by atoms with van der Waals surface area (Å²) in [6, 6.07) is 14.2. The number of ether oxygens (including phenoxy) is 1. The summed E-state index contributed by atoms with van der Waals surface area (Å²) in [4.78, 5) is 29.0. The van der Waals surface area contributed by atoms with E-state index in [1.165, 1.54) is 7.11 Å². The topological polar surface area (TPSA) is 63.0 Å². The molecule has 3 aromatic rings. The van der Waals surface area contributed by atoms with Gasteiger partial charge in [0.2, 0.25) is 0 Å². The highest BCUT2D eigenvalue weighted by atomic mass is 35.5. The smallest absolute Gasteiger partial charge is 0.289 e. The van der Waals surface area contributed by atoms with Crippen LogP contribution in [-0.2, 0) is 0 Å². The Hall–Kier alpha value is -2.99. The molecule has 1 aliphatic rings. The monoisotopic (exact) mass is 398 g/mol. The van der Waals surface area contributed by atoms with Crippen molar-refractivity contribution >= 4 is 34.4 Å². The lowest BCUT2D eigenvalue weighted by Gasteiger charge is -2.34. The molecule has 0 radical (unpaired) electrons. The summed E-state index contributed by atoms with van der Waals surface area (Å²) < 4.78 is 10.9. The molecule has 0 atom stereocenters. The van der Waals surface area contributed by atoms with Gasteiger partial charge < -0.3 is 19.0 Å². The molecular formula is C21H19ClN2O4. The summed E-state index contributed by atoms with van der Waals surface area (Å²) in [5, 5.41) is 1.37. The molecule has 1 fully saturated rings. The van der Waals surface area contributed by atoms with Crippen LogP contribution in [0.5, 0.6) is 5.75 Å². The van der Waals surface area contributed by atoms with Crippen molar-refractivity contribution < 1.29 is 18.7 Å². The number of nitrogens with zero attached hydrogens (tertiary/aromatic N) is 2. The molecule has 0 aliphatic carbocycles. The van der Waals surface area contributed by atoms with Gasteiger partial charge in [-0.15, -0.1) is 0 Å². The molecule has 6 nitrogen and oxygen atoms in total. The molecule has 0 unspecified atom stereocenters. The molecule has 0 bridgehead atoms. The van der Waals surface area contributed by atoms with Crippen molar-refractivity contribution in [2.24, 2.45) is 0 Å². The fraction of sp³-hybridized carbons (Fsp3) is 0.238. The zero-order chi connectivity index (χ0) is 19.7. The largest absolute Gasteiger partial charge is 0.496 e. The number of hydrogen-bond acceptors (Lipinski definition) is 4. The van der Waals surface area contributed by atoms with E-state index >= 15 is 0 Å². The maximum atomic E-state index is 12.9. The first-order valence-corrected chi connectivity index (χ1v) is 9.35. The Bertz CT molecular complexity index is 1000. The number of para-hydroxylation sites is 1. The molecule has 0 spiro atoms. The lowest BCUT2D eigenvalue weighted by molar-refractivity contribution is 0.0518. The number of halogens is 1. The number of benzene rings is 2. The maximum Gasteiger partial charge on any atom is 0.289 e. The molecule has 4 rings (SSSR count). The predicted molar refractivity (Wildman–Crippen MR) is 106 cm³/mol. The van der Waals surface area contributed by atoms with Crippen molar-refractivity contribution in [2.75, 3.05) is 33.3 Å². The van der Waals surface area contributed by atoms with Crippen molar-refractivity contribution in [1.29, 1.82) is 0 Å². The van der Waals surface area contributed by atoms with Crippen LogP contribution in [0.1, 0.15) is 20.9 Å². The van der Waals surface area contributed by atoms with Crippen LogP contribution in [0.2, 0.25) is 5.02 Å². The number of hydrogen-bond donors (Lipinski definition) is 0. The summed E-state index contributed by atoms with van der Waals surface area (Å²) in [6.07, 6.45) is 0. The van der Waals surface area contributed by atoms with Gasteiger partial charge in [0.05, 0.1) is 12.7 Å². The van der Waals surface area contributed by atoms with Crippen molar-refractivity contribution in [2.45, 2.75) is 0 Å². The van der Waals surface area contributed by atoms with E-state index in [1.807, 2.05) is 24.3 Å². The van der Waals surface area contributed by atoms with Gasteiger partial charge in [-0.05, 0) is 30.3 Å². The highest BCUT2D eigenvalue weighted by molar-refractivity contribution is 6.31. The summed E-state index contributed by atoms with van der Waals surface area (Å²) in [5.74, 6) is 0.478. The Kier molecular flexibility index (Phi) is 4.96. The van der Waals surface area contributed by atoms with Gasteiger partial charge in [0, 0.05) is 36.6 Å². The molecule has 28 heavy (non-hydrogen) atoms. The van der Waals surface area contributed by atoms with E-state index in [1.54, 1.807) is 34.1 Å². The van der Waals surface area contributed by atoms with E-state index in [9.17, 15) is 9.59 Å². The van der Waals surface area contributed by atoms with Gasteiger partial charge in [0.1, 0.15) is 11.3 Å². The van der Waals surface area contributed by atoms with Gasteiger partial charge in [-0.3, -0.25) is 9.59 Å². The van der Waals surface area contributed by atoms with Crippen LogP contribution < -0.4 is 4.74 Å². The lowest BCUT2D eigenvalue weighted by Crippen LogP contribution is -2.50. The molecule has 1 saturated heterocycles. The molecule has 2 amide bonds. The normalized spacial score (nSPS) is 14.4. The van der Waals surface area contributed by atoms with E-state index in [2.05, 4.69) is 0 Å². The third-order valence-electron chi connectivity index (χ3n) is 4.88. The van der Waals surface area contributed by atoms with Crippen LogP contribution in [0.15, 0.2) is 52.9 Å². The molecule has 7 heteroatoms. The van der Waals surface area contributed by atoms with Gasteiger partial charge in [-0.2, -0.15) is 0 Å². The van der Waals surface area contributed by atoms with Crippen molar-refractivity contribution in [3.05, 3.63) is 64.9 Å². The van der Waals surface area contributed by atoms with Crippen molar-refractivity contribution in [3.8, 4) is 5.75 Å². The van der Waals surface area contributed by atoms with Crippen LogP contribution in [0.4, 0.5) is 0 Å². The lowest BCUT2D eigenvalue weighted by atomic mass is 10.1. The summed E-state index contributed by atoms with van der Waals surface area (Å²) in [6.45, 7) is 1.73. The third kappa shape index (κ3) is 3.43. The second kappa shape index (κ2) is 7.56. The van der Waals surface area contributed by atoms with E-state index in [4.69, 9.17) is 20.8 Å². The fourth-order valence-corrected chi connectivity index (χ4v) is 3.55. The van der Waals surface area contributed by atoms with E-state index < -0.39 is 0 Å². The van der Waals surface area contributed by atoms with Crippen LogP contribution in [0.25, 0.3) is 11.0 Å². The number of carbonyl (C=O) groups is 2. The van der Waals surface area contributed by atoms with E-state index in [-0.39, 0.29) is 11.8 Å². The Balaban J connectivity index is 1.45. The second-order valence-corrected chi connectivity index (χ2v) is 7.01. The van der Waals surface area contributed by atoms with Gasteiger partial charge in [0.25, 0.3) is 11.8 Å². The second-order valence-electron chi connectivity index (χ2n) is 6.58. The number of methoxy groups -OCH3 is 1. The Morgan fingerprint density at radius 2 is 1.64 bits per heavy atom. The summed E-state index contributed by atoms with van der Waals surface area (Å²) in [5.41, 5.74) is 1.11. The fourth-order valence-electron chi connectivity index (χ4n) is 3.37. The SMILES string of the molecule is COc1ccc(Cl)cc1C(=O)N1CCN(C(=O)c2cc3ccccc3o2)CC1. The van der Waals surface area contributed by atoms with Crippen molar-refractivity contribution in [1.82, 2.24) is 9.80 Å². The molecule has 2 heterocycles. The predicted octanol–water partition coefficient (Wildman–Crippen LogP) is 3.69. The average Bonchev–Trinajstić information content (AvgIpc) is 3.17. The summed E-state index contributed by atoms with van der Waals surface area (Å²) in [7, 11) is 1.52. The quantitative estimate of drug-likeness (QED) is 0.675. The maximum absolute atomic E-state index is 12.9. The number of amides is 2. The first kappa shape index (κ1) is 18.4. The number of piperazine rings is 1. The number of rotatable bonds is 3. The summed E-state index contributed by atoms with van der Waals surface area (Å²) >= 11 is 6.03. The van der Waals surface area contributed by atoms with Crippen LogP contribution >= 0.6 is 11.6 Å². The van der Waals surface area contributed by atoms with Gasteiger partial charge in [-0.25, -0.2) is 0 Å². The minimum Gasteiger partial charge on any atom is -0.496 e. The zero-order valence-electron chi connectivity index (χ0n) is 15.4. The first-order chi connectivity index (χ1) is 13.6. The third-order valence-corrected chi connectivity index (χ3v) is 5.12. The Morgan fingerprint density at radius 3 is 2.32 bits per heavy atom. The van der Waals surface area contributed by atoms with Gasteiger partial charge in [0.15, 0.2) is 5.76 Å². The molecule has 2 aromatic carbocycles. The Labute approximate surface area is 167 Å². The number of fused-ring (bicyclic) bond motifs is 1. The minimum absolute atomic E-state index is 0.157. The molecular weight excluding hydrogens is 380 g/mol.